The SMILES string of the molecule is COc1ccc(NC(=O)c2ccc(Oc3ccc(Br)cc3)nc2)cc1OC(F)F. The molecule has 0 fully saturated rings. The number of rotatable bonds is 7. The van der Waals surface area contributed by atoms with E-state index in [1.807, 2.05) is 12.1 Å². The summed E-state index contributed by atoms with van der Waals surface area (Å²) in [5, 5.41) is 2.59. The van der Waals surface area contributed by atoms with E-state index in [0.29, 0.717) is 11.6 Å². The fourth-order valence-corrected chi connectivity index (χ4v) is 2.61. The van der Waals surface area contributed by atoms with Crippen LogP contribution in [0.15, 0.2) is 65.3 Å². The van der Waals surface area contributed by atoms with E-state index < -0.39 is 12.5 Å². The van der Waals surface area contributed by atoms with Crippen molar-refractivity contribution in [2.75, 3.05) is 12.4 Å². The number of ether oxygens (including phenoxy) is 3. The maximum absolute atomic E-state index is 12.5. The Bertz CT molecular complexity index is 983. The molecule has 0 aliphatic rings. The van der Waals surface area contributed by atoms with Crippen LogP contribution in [0.4, 0.5) is 14.5 Å². The number of amides is 1. The Hall–Kier alpha value is -3.20. The maximum Gasteiger partial charge on any atom is 0.387 e. The van der Waals surface area contributed by atoms with Gasteiger partial charge in [-0.05, 0) is 42.5 Å². The Morgan fingerprint density at radius 1 is 1.07 bits per heavy atom. The van der Waals surface area contributed by atoms with E-state index in [2.05, 4.69) is 31.0 Å². The van der Waals surface area contributed by atoms with Crippen molar-refractivity contribution in [3.63, 3.8) is 0 Å². The van der Waals surface area contributed by atoms with Crippen molar-refractivity contribution in [2.45, 2.75) is 6.61 Å². The minimum atomic E-state index is -3.02. The molecule has 0 radical (unpaired) electrons. The number of nitrogens with zero attached hydrogens (tertiary/aromatic N) is 1. The number of carbonyl (C=O) groups is 1. The van der Waals surface area contributed by atoms with Crippen molar-refractivity contribution in [1.29, 1.82) is 0 Å². The van der Waals surface area contributed by atoms with Gasteiger partial charge in [0.05, 0.1) is 12.7 Å². The molecule has 0 spiro atoms. The maximum atomic E-state index is 12.5. The molecule has 0 atom stereocenters. The quantitative estimate of drug-likeness (QED) is 0.499. The third-order valence-corrected chi connectivity index (χ3v) is 4.20. The summed E-state index contributed by atoms with van der Waals surface area (Å²) in [5.74, 6) is 0.389. The highest BCUT2D eigenvalue weighted by molar-refractivity contribution is 9.10. The molecule has 9 heteroatoms. The molecule has 3 aromatic rings. The molecule has 0 aliphatic heterocycles. The van der Waals surface area contributed by atoms with Crippen LogP contribution in [0.3, 0.4) is 0 Å². The van der Waals surface area contributed by atoms with Crippen LogP contribution in [0.2, 0.25) is 0 Å². The van der Waals surface area contributed by atoms with Gasteiger partial charge in [0.25, 0.3) is 5.91 Å². The molecule has 0 saturated carbocycles. The summed E-state index contributed by atoms with van der Waals surface area (Å²) in [4.78, 5) is 16.5. The number of benzene rings is 2. The van der Waals surface area contributed by atoms with Crippen LogP contribution in [0, 0.1) is 0 Å². The van der Waals surface area contributed by atoms with E-state index in [-0.39, 0.29) is 22.7 Å². The van der Waals surface area contributed by atoms with Gasteiger partial charge in [0.1, 0.15) is 5.75 Å². The number of methoxy groups -OCH3 is 1. The lowest BCUT2D eigenvalue weighted by Crippen LogP contribution is -2.12. The second kappa shape index (κ2) is 9.33. The highest BCUT2D eigenvalue weighted by atomic mass is 79.9. The lowest BCUT2D eigenvalue weighted by Gasteiger charge is -2.12. The van der Waals surface area contributed by atoms with Crippen LogP contribution in [0.25, 0.3) is 0 Å². The van der Waals surface area contributed by atoms with E-state index in [0.717, 1.165) is 4.47 Å². The fourth-order valence-electron chi connectivity index (χ4n) is 2.34. The van der Waals surface area contributed by atoms with Crippen LogP contribution in [0.5, 0.6) is 23.1 Å². The van der Waals surface area contributed by atoms with Crippen LogP contribution in [-0.4, -0.2) is 24.6 Å². The summed E-state index contributed by atoms with van der Waals surface area (Å²) in [6.45, 7) is -3.02. The number of hydrogen-bond acceptors (Lipinski definition) is 5. The normalized spacial score (nSPS) is 10.5. The number of hydrogen-bond donors (Lipinski definition) is 1. The van der Waals surface area contributed by atoms with Gasteiger partial charge in [-0.25, -0.2) is 4.98 Å². The van der Waals surface area contributed by atoms with Gasteiger partial charge in [0.2, 0.25) is 5.88 Å². The first-order valence-corrected chi connectivity index (χ1v) is 9.07. The van der Waals surface area contributed by atoms with Crippen LogP contribution >= 0.6 is 15.9 Å². The third-order valence-electron chi connectivity index (χ3n) is 3.67. The van der Waals surface area contributed by atoms with Gasteiger partial charge in [0.15, 0.2) is 11.5 Å². The highest BCUT2D eigenvalue weighted by Crippen LogP contribution is 2.31. The average Bonchev–Trinajstić information content (AvgIpc) is 2.70. The molecule has 1 heterocycles. The summed E-state index contributed by atoms with van der Waals surface area (Å²) < 4.78 is 40.9. The predicted octanol–water partition coefficient (Wildman–Crippen LogP) is 5.50. The lowest BCUT2D eigenvalue weighted by molar-refractivity contribution is -0.0511. The van der Waals surface area contributed by atoms with E-state index in [4.69, 9.17) is 9.47 Å². The Labute approximate surface area is 173 Å². The molecule has 29 heavy (non-hydrogen) atoms. The number of pyridine rings is 1. The van der Waals surface area contributed by atoms with Gasteiger partial charge in [-0.1, -0.05) is 15.9 Å². The van der Waals surface area contributed by atoms with Gasteiger partial charge >= 0.3 is 6.61 Å². The van der Waals surface area contributed by atoms with Crippen LogP contribution < -0.4 is 19.5 Å². The zero-order valence-corrected chi connectivity index (χ0v) is 16.7. The van der Waals surface area contributed by atoms with Crippen LogP contribution in [0.1, 0.15) is 10.4 Å². The number of aromatic nitrogens is 1. The molecule has 0 unspecified atom stereocenters. The second-order valence-corrected chi connectivity index (χ2v) is 6.56. The lowest BCUT2D eigenvalue weighted by atomic mass is 10.2. The predicted molar refractivity (Wildman–Crippen MR) is 106 cm³/mol. The number of alkyl halides is 2. The smallest absolute Gasteiger partial charge is 0.387 e. The van der Waals surface area contributed by atoms with Gasteiger partial charge in [-0.3, -0.25) is 4.79 Å². The minimum Gasteiger partial charge on any atom is -0.493 e. The van der Waals surface area contributed by atoms with E-state index in [1.54, 1.807) is 18.2 Å². The zero-order chi connectivity index (χ0) is 20.8. The topological polar surface area (TPSA) is 69.7 Å². The molecule has 1 aromatic heterocycles. The average molecular weight is 465 g/mol. The monoisotopic (exact) mass is 464 g/mol. The molecule has 1 N–H and O–H groups in total. The van der Waals surface area contributed by atoms with Crippen molar-refractivity contribution >= 4 is 27.5 Å². The van der Waals surface area contributed by atoms with Gasteiger partial charge < -0.3 is 19.5 Å². The Balaban J connectivity index is 1.68. The fraction of sp³-hybridized carbons (Fsp3) is 0.100. The van der Waals surface area contributed by atoms with Crippen molar-refractivity contribution < 1.29 is 27.8 Å². The third kappa shape index (κ3) is 5.64. The molecule has 2 aromatic carbocycles. The van der Waals surface area contributed by atoms with Gasteiger partial charge in [-0.15, -0.1) is 0 Å². The number of carbonyl (C=O) groups excluding carboxylic acids is 1. The second-order valence-electron chi connectivity index (χ2n) is 5.64. The number of halogens is 3. The molecule has 3 rings (SSSR count). The van der Waals surface area contributed by atoms with Gasteiger partial charge in [0, 0.05) is 28.5 Å². The molecular weight excluding hydrogens is 450 g/mol. The van der Waals surface area contributed by atoms with E-state index in [1.165, 1.54) is 37.6 Å². The first-order chi connectivity index (χ1) is 13.9. The van der Waals surface area contributed by atoms with E-state index in [9.17, 15) is 13.6 Å². The van der Waals surface area contributed by atoms with Gasteiger partial charge in [-0.2, -0.15) is 8.78 Å². The number of anilines is 1. The largest absolute Gasteiger partial charge is 0.493 e. The van der Waals surface area contributed by atoms with E-state index >= 15 is 0 Å². The first kappa shape index (κ1) is 20.5. The number of nitrogens with one attached hydrogen (secondary N) is 1. The Kier molecular flexibility index (Phi) is 6.61. The molecule has 0 aliphatic carbocycles. The van der Waals surface area contributed by atoms with Crippen LogP contribution in [-0.2, 0) is 0 Å². The molecule has 150 valence electrons. The molecule has 0 bridgehead atoms. The summed E-state index contributed by atoms with van der Waals surface area (Å²) in [7, 11) is 1.33. The van der Waals surface area contributed by atoms with Crippen molar-refractivity contribution in [1.82, 2.24) is 4.98 Å². The summed E-state index contributed by atoms with van der Waals surface area (Å²) in [5.41, 5.74) is 0.530. The molecular formula is C20H15BrF2N2O4. The van der Waals surface area contributed by atoms with Crippen molar-refractivity contribution in [2.24, 2.45) is 0 Å². The summed E-state index contributed by atoms with van der Waals surface area (Å²) in [6, 6.07) is 14.5. The van der Waals surface area contributed by atoms with Crippen molar-refractivity contribution in [3.8, 4) is 23.1 Å². The van der Waals surface area contributed by atoms with Crippen molar-refractivity contribution in [3.05, 3.63) is 70.8 Å². The summed E-state index contributed by atoms with van der Waals surface area (Å²) in [6.07, 6.45) is 1.35. The Morgan fingerprint density at radius 2 is 1.83 bits per heavy atom. The Morgan fingerprint density at radius 3 is 2.45 bits per heavy atom. The summed E-state index contributed by atoms with van der Waals surface area (Å²) >= 11 is 3.34. The zero-order valence-electron chi connectivity index (χ0n) is 15.1. The molecule has 6 nitrogen and oxygen atoms in total. The minimum absolute atomic E-state index is 0.124. The molecule has 0 saturated heterocycles. The standard InChI is InChI=1S/C20H15BrF2N2O4/c1-27-16-8-5-14(10-17(16)29-20(22)23)25-19(26)12-2-9-18(24-11-12)28-15-6-3-13(21)4-7-15/h2-11,20H,1H3,(H,25,26). The first-order valence-electron chi connectivity index (χ1n) is 8.28. The highest BCUT2D eigenvalue weighted by Gasteiger charge is 2.13. The molecule has 1 amide bonds.